The molecule has 0 saturated heterocycles. The fourth-order valence-corrected chi connectivity index (χ4v) is 3.05. The van der Waals surface area contributed by atoms with E-state index < -0.39 is 0 Å². The van der Waals surface area contributed by atoms with Crippen LogP contribution in [0.3, 0.4) is 0 Å². The van der Waals surface area contributed by atoms with Gasteiger partial charge in [0, 0.05) is 23.6 Å². The second-order valence-corrected chi connectivity index (χ2v) is 5.64. The van der Waals surface area contributed by atoms with Crippen LogP contribution in [0.25, 0.3) is 21.9 Å². The lowest BCUT2D eigenvalue weighted by Crippen LogP contribution is -2.19. The zero-order valence-corrected chi connectivity index (χ0v) is 12.9. The maximum atomic E-state index is 13.4. The molecule has 0 amide bonds. The summed E-state index contributed by atoms with van der Waals surface area (Å²) >= 11 is 1.17. The molecule has 2 heterocycles. The number of nitrogens with one attached hydrogen (secondary N) is 2. The molecule has 5 nitrogen and oxygen atoms in total. The first-order valence-corrected chi connectivity index (χ1v) is 7.84. The van der Waals surface area contributed by atoms with Gasteiger partial charge in [-0.05, 0) is 35.9 Å². The van der Waals surface area contributed by atoms with E-state index in [1.807, 2.05) is 24.4 Å². The van der Waals surface area contributed by atoms with Crippen molar-refractivity contribution in [3.63, 3.8) is 0 Å². The van der Waals surface area contributed by atoms with Gasteiger partial charge in [0.25, 0.3) is 0 Å². The highest BCUT2D eigenvalue weighted by Crippen LogP contribution is 2.23. The monoisotopic (exact) mass is 328 g/mol. The van der Waals surface area contributed by atoms with Gasteiger partial charge >= 0.3 is 0 Å². The van der Waals surface area contributed by atoms with Crippen LogP contribution in [0.15, 0.2) is 42.6 Å². The molecule has 7 heteroatoms. The van der Waals surface area contributed by atoms with Crippen LogP contribution in [0.1, 0.15) is 5.56 Å². The molecule has 0 bridgehead atoms. The Balaban J connectivity index is 1.42. The van der Waals surface area contributed by atoms with Gasteiger partial charge in [-0.15, -0.1) is 0 Å². The van der Waals surface area contributed by atoms with Gasteiger partial charge in [-0.25, -0.2) is 4.39 Å². The van der Waals surface area contributed by atoms with Crippen LogP contribution in [-0.4, -0.2) is 20.5 Å². The molecule has 0 radical (unpaired) electrons. The molecule has 0 aliphatic heterocycles. The van der Waals surface area contributed by atoms with E-state index in [1.165, 1.54) is 23.9 Å². The Hall–Kier alpha value is -2.51. The van der Waals surface area contributed by atoms with Gasteiger partial charge in [-0.3, -0.25) is 5.32 Å². The molecule has 0 spiro atoms. The summed E-state index contributed by atoms with van der Waals surface area (Å²) in [5.74, 6) is 0.464. The van der Waals surface area contributed by atoms with Crippen LogP contribution in [0.5, 0.6) is 5.75 Å². The van der Waals surface area contributed by atoms with Crippen molar-refractivity contribution in [2.24, 2.45) is 0 Å². The van der Waals surface area contributed by atoms with E-state index >= 15 is 0 Å². The highest BCUT2D eigenvalue weighted by atomic mass is 32.1. The van der Waals surface area contributed by atoms with E-state index in [0.717, 1.165) is 27.5 Å². The number of aromatic nitrogens is 3. The molecule has 2 N–H and O–H groups in total. The smallest absolute Gasteiger partial charge is 0.150 e. The molecule has 116 valence electrons. The maximum absolute atomic E-state index is 13.4. The van der Waals surface area contributed by atoms with Crippen LogP contribution in [0.4, 0.5) is 4.39 Å². The highest BCUT2D eigenvalue weighted by Gasteiger charge is 2.07. The fourth-order valence-electron chi connectivity index (χ4n) is 2.51. The first-order valence-electron chi connectivity index (χ1n) is 7.11. The molecule has 0 aliphatic rings. The molecule has 0 saturated carbocycles. The summed E-state index contributed by atoms with van der Waals surface area (Å²) in [6.07, 6.45) is 1.88. The van der Waals surface area contributed by atoms with E-state index in [1.54, 1.807) is 6.07 Å². The lowest BCUT2D eigenvalue weighted by Gasteiger charge is -2.07. The molecule has 4 rings (SSSR count). The van der Waals surface area contributed by atoms with Crippen molar-refractivity contribution in [3.05, 3.63) is 54.0 Å². The number of rotatable bonds is 5. The summed E-state index contributed by atoms with van der Waals surface area (Å²) in [5, 5.41) is 4.07. The van der Waals surface area contributed by atoms with Crippen molar-refractivity contribution < 1.29 is 9.13 Å². The number of H-pyrrole nitrogens is 1. The van der Waals surface area contributed by atoms with Gasteiger partial charge in [-0.1, -0.05) is 6.07 Å². The first kappa shape index (κ1) is 14.1. The van der Waals surface area contributed by atoms with Gasteiger partial charge in [0.2, 0.25) is 0 Å². The van der Waals surface area contributed by atoms with Crippen molar-refractivity contribution >= 4 is 33.7 Å². The number of halogens is 1. The zero-order valence-electron chi connectivity index (χ0n) is 12.0. The van der Waals surface area contributed by atoms with Crippen LogP contribution in [-0.2, 0) is 6.54 Å². The molecule has 0 unspecified atom stereocenters. The summed E-state index contributed by atoms with van der Waals surface area (Å²) in [6.45, 7) is 0.910. The fraction of sp³-hybridized carbons (Fsp3) is 0.125. The van der Waals surface area contributed by atoms with E-state index in [0.29, 0.717) is 19.0 Å². The Morgan fingerprint density at radius 2 is 2.17 bits per heavy atom. The summed E-state index contributed by atoms with van der Waals surface area (Å²) < 4.78 is 27.5. The van der Waals surface area contributed by atoms with E-state index in [-0.39, 0.29) is 5.82 Å². The van der Waals surface area contributed by atoms with E-state index in [4.69, 9.17) is 4.74 Å². The summed E-state index contributed by atoms with van der Waals surface area (Å²) in [6, 6.07) is 10.4. The minimum atomic E-state index is -0.239. The molecular weight excluding hydrogens is 315 g/mol. The standard InChI is InChI=1S/C16H13FN4OS/c17-11-4-5-13-12(6-11)10(8-19-13)7-18-9-22-15-3-1-2-14-16(15)21-23-20-14/h1-6,8,18-19H,7,9H2. The number of hydrogen-bond donors (Lipinski definition) is 2. The van der Waals surface area contributed by atoms with Crippen LogP contribution < -0.4 is 10.1 Å². The Labute approximate surface area is 135 Å². The van der Waals surface area contributed by atoms with Gasteiger partial charge in [-0.2, -0.15) is 8.75 Å². The van der Waals surface area contributed by atoms with Gasteiger partial charge < -0.3 is 9.72 Å². The predicted molar refractivity (Wildman–Crippen MR) is 88.0 cm³/mol. The average molecular weight is 328 g/mol. The van der Waals surface area contributed by atoms with Gasteiger partial charge in [0.15, 0.2) is 0 Å². The van der Waals surface area contributed by atoms with Crippen molar-refractivity contribution in [1.29, 1.82) is 0 Å². The zero-order chi connectivity index (χ0) is 15.6. The molecule has 2 aromatic carbocycles. The third-order valence-electron chi connectivity index (χ3n) is 3.62. The molecule has 0 atom stereocenters. The topological polar surface area (TPSA) is 62.8 Å². The van der Waals surface area contributed by atoms with Gasteiger partial charge in [0.1, 0.15) is 29.3 Å². The van der Waals surface area contributed by atoms with Gasteiger partial charge in [0.05, 0.1) is 11.7 Å². The lowest BCUT2D eigenvalue weighted by atomic mass is 10.2. The molecule has 23 heavy (non-hydrogen) atoms. The predicted octanol–water partition coefficient (Wildman–Crippen LogP) is 3.44. The largest absolute Gasteiger partial charge is 0.476 e. The second kappa shape index (κ2) is 5.94. The minimum absolute atomic E-state index is 0.239. The number of fused-ring (bicyclic) bond motifs is 2. The second-order valence-electron chi connectivity index (χ2n) is 5.11. The third-order valence-corrected chi connectivity index (χ3v) is 4.17. The molecule has 0 aliphatic carbocycles. The molecule has 0 fully saturated rings. The summed E-state index contributed by atoms with van der Waals surface area (Å²) in [7, 11) is 0. The lowest BCUT2D eigenvalue weighted by molar-refractivity contribution is 0.285. The number of hydrogen-bond acceptors (Lipinski definition) is 5. The Morgan fingerprint density at radius 3 is 3.13 bits per heavy atom. The Kier molecular flexibility index (Phi) is 3.64. The van der Waals surface area contributed by atoms with Crippen molar-refractivity contribution in [3.8, 4) is 5.75 Å². The maximum Gasteiger partial charge on any atom is 0.150 e. The molecular formula is C16H13FN4OS. The highest BCUT2D eigenvalue weighted by molar-refractivity contribution is 7.00. The van der Waals surface area contributed by atoms with E-state index in [9.17, 15) is 4.39 Å². The quantitative estimate of drug-likeness (QED) is 0.435. The van der Waals surface area contributed by atoms with Crippen LogP contribution >= 0.6 is 11.7 Å². The Morgan fingerprint density at radius 1 is 1.22 bits per heavy atom. The number of nitrogens with zero attached hydrogens (tertiary/aromatic N) is 2. The summed E-state index contributed by atoms with van der Waals surface area (Å²) in [4.78, 5) is 3.13. The van der Waals surface area contributed by atoms with Crippen molar-refractivity contribution in [2.75, 3.05) is 6.73 Å². The van der Waals surface area contributed by atoms with Crippen molar-refractivity contribution in [2.45, 2.75) is 6.54 Å². The summed E-state index contributed by atoms with van der Waals surface area (Å²) in [5.41, 5.74) is 3.52. The minimum Gasteiger partial charge on any atom is -0.476 e. The van der Waals surface area contributed by atoms with Crippen molar-refractivity contribution in [1.82, 2.24) is 19.0 Å². The van der Waals surface area contributed by atoms with Crippen LogP contribution in [0, 0.1) is 5.82 Å². The number of aromatic amines is 1. The number of benzene rings is 2. The molecule has 2 aromatic heterocycles. The average Bonchev–Trinajstić information content (AvgIpc) is 3.18. The third kappa shape index (κ3) is 2.76. The SMILES string of the molecule is Fc1ccc2[nH]cc(CNCOc3cccc4nsnc34)c2c1. The number of ether oxygens (including phenoxy) is 1. The normalized spacial score (nSPS) is 11.3. The van der Waals surface area contributed by atoms with Crippen LogP contribution in [0.2, 0.25) is 0 Å². The Bertz CT molecular complexity index is 965. The van der Waals surface area contributed by atoms with E-state index in [2.05, 4.69) is 19.0 Å². The first-order chi connectivity index (χ1) is 11.3. The molecule has 4 aromatic rings.